The predicted molar refractivity (Wildman–Crippen MR) is 50.7 cm³/mol. The van der Waals surface area contributed by atoms with Gasteiger partial charge in [0.2, 0.25) is 5.69 Å². The molecule has 7 heteroatoms. The Balaban J connectivity index is 2.03. The van der Waals surface area contributed by atoms with Crippen LogP contribution in [0.5, 0.6) is 0 Å². The molecular weight excluding hydrogens is 220 g/mol. The lowest BCUT2D eigenvalue weighted by Crippen LogP contribution is -2.30. The van der Waals surface area contributed by atoms with Crippen LogP contribution in [0.4, 0.5) is 0 Å². The molecule has 0 atom stereocenters. The van der Waals surface area contributed by atoms with E-state index in [1.54, 1.807) is 6.92 Å². The molecule has 15 heavy (non-hydrogen) atoms. The van der Waals surface area contributed by atoms with Crippen LogP contribution in [-0.2, 0) is 9.47 Å². The van der Waals surface area contributed by atoms with E-state index in [9.17, 15) is 4.79 Å². The van der Waals surface area contributed by atoms with E-state index in [0.717, 1.165) is 0 Å². The molecule has 0 radical (unpaired) electrons. The summed E-state index contributed by atoms with van der Waals surface area (Å²) < 4.78 is 14.3. The van der Waals surface area contributed by atoms with Crippen molar-refractivity contribution in [2.75, 3.05) is 19.8 Å². The van der Waals surface area contributed by atoms with Crippen molar-refractivity contribution in [3.05, 3.63) is 5.69 Å². The Bertz CT molecular complexity index is 350. The molecular formula is C8H10N2O4S. The first-order chi connectivity index (χ1) is 7.31. The molecule has 0 aromatic carbocycles. The van der Waals surface area contributed by atoms with Gasteiger partial charge in [0.05, 0.1) is 25.1 Å². The second-order valence-electron chi connectivity index (χ2n) is 2.92. The van der Waals surface area contributed by atoms with E-state index >= 15 is 0 Å². The standard InChI is InChI=1S/C8H10N2O4S/c1-2-13-8(11)6-7(10-14-9-6)15-5-3-12-4-5/h5H,2-4H2,1H3. The molecule has 0 unspecified atom stereocenters. The van der Waals surface area contributed by atoms with Gasteiger partial charge in [0.1, 0.15) is 0 Å². The van der Waals surface area contributed by atoms with Crippen molar-refractivity contribution in [1.82, 2.24) is 10.3 Å². The molecule has 1 aliphatic rings. The molecule has 0 amide bonds. The van der Waals surface area contributed by atoms with Gasteiger partial charge in [-0.3, -0.25) is 0 Å². The minimum atomic E-state index is -0.499. The van der Waals surface area contributed by atoms with E-state index in [1.165, 1.54) is 11.8 Å². The Labute approximate surface area is 90.3 Å². The van der Waals surface area contributed by atoms with E-state index < -0.39 is 5.97 Å². The van der Waals surface area contributed by atoms with Crippen molar-refractivity contribution in [2.45, 2.75) is 17.2 Å². The van der Waals surface area contributed by atoms with Crippen LogP contribution in [0.2, 0.25) is 0 Å². The van der Waals surface area contributed by atoms with Gasteiger partial charge in [0.25, 0.3) is 0 Å². The lowest BCUT2D eigenvalue weighted by Gasteiger charge is -2.23. The van der Waals surface area contributed by atoms with Crippen LogP contribution in [0.25, 0.3) is 0 Å². The number of esters is 1. The SMILES string of the molecule is CCOC(=O)c1nonc1SC1COC1. The average molecular weight is 230 g/mol. The second kappa shape index (κ2) is 4.63. The molecule has 6 nitrogen and oxygen atoms in total. The van der Waals surface area contributed by atoms with Crippen LogP contribution in [0.15, 0.2) is 9.65 Å². The van der Waals surface area contributed by atoms with Crippen molar-refractivity contribution in [1.29, 1.82) is 0 Å². The Morgan fingerprint density at radius 1 is 1.60 bits per heavy atom. The molecule has 0 bridgehead atoms. The summed E-state index contributed by atoms with van der Waals surface area (Å²) in [6, 6.07) is 0. The number of aromatic nitrogens is 2. The molecule has 1 aromatic rings. The molecule has 0 N–H and O–H groups in total. The minimum Gasteiger partial charge on any atom is -0.461 e. The van der Waals surface area contributed by atoms with E-state index in [2.05, 4.69) is 14.9 Å². The maximum Gasteiger partial charge on any atom is 0.363 e. The van der Waals surface area contributed by atoms with Gasteiger partial charge in [0, 0.05) is 0 Å². The monoisotopic (exact) mass is 230 g/mol. The van der Waals surface area contributed by atoms with Crippen molar-refractivity contribution in [3.8, 4) is 0 Å². The van der Waals surface area contributed by atoms with Crippen molar-refractivity contribution in [3.63, 3.8) is 0 Å². The number of hydrogen-bond acceptors (Lipinski definition) is 7. The predicted octanol–water partition coefficient (Wildman–Crippen LogP) is 0.737. The van der Waals surface area contributed by atoms with Gasteiger partial charge in [-0.05, 0) is 17.2 Å². The summed E-state index contributed by atoms with van der Waals surface area (Å²) in [5, 5.41) is 7.98. The van der Waals surface area contributed by atoms with Gasteiger partial charge in [-0.25, -0.2) is 9.42 Å². The van der Waals surface area contributed by atoms with Gasteiger partial charge in [0.15, 0.2) is 5.03 Å². The number of carbonyl (C=O) groups excluding carboxylic acids is 1. The topological polar surface area (TPSA) is 74.5 Å². The van der Waals surface area contributed by atoms with Gasteiger partial charge in [-0.2, -0.15) is 0 Å². The van der Waals surface area contributed by atoms with Crippen molar-refractivity contribution >= 4 is 17.7 Å². The number of rotatable bonds is 4. The fourth-order valence-electron chi connectivity index (χ4n) is 1.02. The largest absolute Gasteiger partial charge is 0.461 e. The third kappa shape index (κ3) is 2.29. The highest BCUT2D eigenvalue weighted by Crippen LogP contribution is 2.28. The van der Waals surface area contributed by atoms with Crippen LogP contribution in [-0.4, -0.2) is 41.4 Å². The van der Waals surface area contributed by atoms with E-state index in [0.29, 0.717) is 30.1 Å². The summed E-state index contributed by atoms with van der Waals surface area (Å²) in [5.41, 5.74) is 0.147. The number of hydrogen-bond donors (Lipinski definition) is 0. The fraction of sp³-hybridized carbons (Fsp3) is 0.625. The Morgan fingerprint density at radius 3 is 3.00 bits per heavy atom. The average Bonchev–Trinajstić information content (AvgIpc) is 2.59. The number of ether oxygens (including phenoxy) is 2. The molecule has 1 aromatic heterocycles. The highest BCUT2D eigenvalue weighted by Gasteiger charge is 2.26. The first kappa shape index (κ1) is 10.4. The van der Waals surface area contributed by atoms with Crippen molar-refractivity contribution < 1.29 is 18.9 Å². The fourth-order valence-corrected chi connectivity index (χ4v) is 1.97. The zero-order chi connectivity index (χ0) is 10.7. The molecule has 2 heterocycles. The summed E-state index contributed by atoms with van der Waals surface area (Å²) in [7, 11) is 0. The Hall–Kier alpha value is -1.08. The number of thioether (sulfide) groups is 1. The summed E-state index contributed by atoms with van der Waals surface area (Å²) in [6.07, 6.45) is 0. The van der Waals surface area contributed by atoms with Crippen molar-refractivity contribution in [2.24, 2.45) is 0 Å². The lowest BCUT2D eigenvalue weighted by atomic mass is 10.4. The summed E-state index contributed by atoms with van der Waals surface area (Å²) in [6.45, 7) is 3.37. The zero-order valence-corrected chi connectivity index (χ0v) is 8.95. The summed E-state index contributed by atoms with van der Waals surface area (Å²) >= 11 is 1.42. The molecule has 1 aliphatic heterocycles. The molecule has 0 aliphatic carbocycles. The Kier molecular flexibility index (Phi) is 3.22. The maximum atomic E-state index is 11.4. The third-order valence-corrected chi connectivity index (χ3v) is 2.91. The number of carbonyl (C=O) groups is 1. The van der Waals surface area contributed by atoms with E-state index in [1.807, 2.05) is 0 Å². The molecule has 82 valence electrons. The first-order valence-corrected chi connectivity index (χ1v) is 5.43. The molecule has 0 saturated carbocycles. The lowest BCUT2D eigenvalue weighted by molar-refractivity contribution is 0.0452. The number of nitrogens with zero attached hydrogens (tertiary/aromatic N) is 2. The van der Waals surface area contributed by atoms with E-state index in [-0.39, 0.29) is 5.69 Å². The molecule has 1 saturated heterocycles. The minimum absolute atomic E-state index is 0.147. The molecule has 1 fully saturated rings. The van der Waals surface area contributed by atoms with Gasteiger partial charge in [-0.1, -0.05) is 11.8 Å². The zero-order valence-electron chi connectivity index (χ0n) is 8.13. The third-order valence-electron chi connectivity index (χ3n) is 1.81. The molecule has 2 rings (SSSR count). The smallest absolute Gasteiger partial charge is 0.363 e. The Morgan fingerprint density at radius 2 is 2.40 bits per heavy atom. The molecule has 0 spiro atoms. The van der Waals surface area contributed by atoms with Gasteiger partial charge < -0.3 is 9.47 Å². The van der Waals surface area contributed by atoms with Crippen LogP contribution < -0.4 is 0 Å². The van der Waals surface area contributed by atoms with E-state index in [4.69, 9.17) is 9.47 Å². The van der Waals surface area contributed by atoms with Crippen LogP contribution in [0.3, 0.4) is 0 Å². The second-order valence-corrected chi connectivity index (χ2v) is 4.20. The van der Waals surface area contributed by atoms with Gasteiger partial charge >= 0.3 is 5.97 Å². The highest BCUT2D eigenvalue weighted by molar-refractivity contribution is 8.00. The summed E-state index contributed by atoms with van der Waals surface area (Å²) in [5.74, 6) is -0.499. The highest BCUT2D eigenvalue weighted by atomic mass is 32.2. The first-order valence-electron chi connectivity index (χ1n) is 4.55. The van der Waals surface area contributed by atoms with Crippen LogP contribution >= 0.6 is 11.8 Å². The quantitative estimate of drug-likeness (QED) is 0.706. The van der Waals surface area contributed by atoms with Gasteiger partial charge in [-0.15, -0.1) is 0 Å². The normalized spacial score (nSPS) is 16.1. The van der Waals surface area contributed by atoms with Crippen LogP contribution in [0.1, 0.15) is 17.4 Å². The summed E-state index contributed by atoms with van der Waals surface area (Å²) in [4.78, 5) is 11.4. The maximum absolute atomic E-state index is 11.4. The van der Waals surface area contributed by atoms with Crippen LogP contribution in [0, 0.1) is 0 Å².